The van der Waals surface area contributed by atoms with Crippen LogP contribution < -0.4 is 5.43 Å². The number of hydrogen-bond donors (Lipinski definition) is 0. The number of hydrogen-bond acceptors (Lipinski definition) is 5. The molecular formula is C16H10ClNO3S2. The van der Waals surface area contributed by atoms with Crippen LogP contribution in [0.3, 0.4) is 0 Å². The minimum atomic E-state index is -0.592. The van der Waals surface area contributed by atoms with Crippen LogP contribution in [0.4, 0.5) is 0 Å². The second kappa shape index (κ2) is 5.33. The van der Waals surface area contributed by atoms with E-state index in [1.165, 1.54) is 22.7 Å². The lowest BCUT2D eigenvalue weighted by Crippen LogP contribution is -2.18. The van der Waals surface area contributed by atoms with Gasteiger partial charge in [-0.1, -0.05) is 23.7 Å². The van der Waals surface area contributed by atoms with Crippen LogP contribution in [0.1, 0.15) is 17.3 Å². The number of halogens is 1. The summed E-state index contributed by atoms with van der Waals surface area (Å²) in [6.07, 6.45) is 0. The Kier molecular flexibility index (Phi) is 3.41. The molecule has 4 rings (SSSR count). The molecule has 0 aliphatic heterocycles. The number of rotatable bonds is 2. The van der Waals surface area contributed by atoms with Crippen molar-refractivity contribution in [2.45, 2.75) is 6.92 Å². The third-order valence-corrected chi connectivity index (χ3v) is 5.96. The first-order valence-corrected chi connectivity index (χ1v) is 8.95. The summed E-state index contributed by atoms with van der Waals surface area (Å²) in [5.74, 6) is -0.592. The van der Waals surface area contributed by atoms with Crippen LogP contribution in [-0.2, 0) is 4.74 Å². The zero-order valence-corrected chi connectivity index (χ0v) is 14.3. The number of thiophene rings is 1. The van der Waals surface area contributed by atoms with Crippen LogP contribution in [0.25, 0.3) is 25.3 Å². The van der Waals surface area contributed by atoms with Crippen molar-refractivity contribution in [3.8, 4) is 0 Å². The largest absolute Gasteiger partial charge is 0.462 e. The molecule has 116 valence electrons. The van der Waals surface area contributed by atoms with Crippen molar-refractivity contribution in [2.75, 3.05) is 6.61 Å². The lowest BCUT2D eigenvalue weighted by molar-refractivity contribution is 0.0527. The molecule has 3 heterocycles. The van der Waals surface area contributed by atoms with Gasteiger partial charge in [0.2, 0.25) is 5.43 Å². The fraction of sp³-hybridized carbons (Fsp3) is 0.125. The van der Waals surface area contributed by atoms with Gasteiger partial charge in [0.25, 0.3) is 0 Å². The van der Waals surface area contributed by atoms with Gasteiger partial charge in [0.1, 0.15) is 15.2 Å². The van der Waals surface area contributed by atoms with Gasteiger partial charge in [0.05, 0.1) is 26.5 Å². The molecule has 0 aliphatic rings. The molecule has 0 aliphatic carbocycles. The van der Waals surface area contributed by atoms with Crippen molar-refractivity contribution in [1.82, 2.24) is 4.40 Å². The second-order valence-corrected chi connectivity index (χ2v) is 7.60. The standard InChI is InChI=1S/C16H10ClNO3S2/c1-2-21-16(20)12-13(19)8-7-11(17)23-14(8)18-9-5-3-4-6-10(9)22-15(12)18/h3-7H,2H2,1H3. The van der Waals surface area contributed by atoms with Gasteiger partial charge in [0.15, 0.2) is 0 Å². The smallest absolute Gasteiger partial charge is 0.345 e. The number of fused-ring (bicyclic) bond motifs is 5. The summed E-state index contributed by atoms with van der Waals surface area (Å²) in [5, 5.41) is 0.448. The molecular weight excluding hydrogens is 354 g/mol. The highest BCUT2D eigenvalue weighted by Gasteiger charge is 2.23. The second-order valence-electron chi connectivity index (χ2n) is 4.90. The Hall–Kier alpha value is -1.89. The monoisotopic (exact) mass is 363 g/mol. The molecule has 0 saturated heterocycles. The van der Waals surface area contributed by atoms with E-state index in [2.05, 4.69) is 0 Å². The quantitative estimate of drug-likeness (QED) is 0.490. The molecule has 0 fully saturated rings. The van der Waals surface area contributed by atoms with E-state index in [0.29, 0.717) is 14.6 Å². The average molecular weight is 364 g/mol. The molecule has 0 amide bonds. The third kappa shape index (κ3) is 2.09. The fourth-order valence-corrected chi connectivity index (χ4v) is 5.12. The zero-order chi connectivity index (χ0) is 16.1. The summed E-state index contributed by atoms with van der Waals surface area (Å²) in [6, 6.07) is 9.40. The van der Waals surface area contributed by atoms with Gasteiger partial charge in [-0.15, -0.1) is 22.7 Å². The van der Waals surface area contributed by atoms with E-state index in [1.54, 1.807) is 13.0 Å². The Morgan fingerprint density at radius 1 is 1.26 bits per heavy atom. The topological polar surface area (TPSA) is 47.8 Å². The summed E-state index contributed by atoms with van der Waals surface area (Å²) >= 11 is 8.86. The molecule has 4 nitrogen and oxygen atoms in total. The lowest BCUT2D eigenvalue weighted by atomic mass is 10.2. The zero-order valence-electron chi connectivity index (χ0n) is 12.0. The summed E-state index contributed by atoms with van der Waals surface area (Å²) in [7, 11) is 0. The molecule has 0 bridgehead atoms. The van der Waals surface area contributed by atoms with Crippen LogP contribution in [0.5, 0.6) is 0 Å². The number of esters is 1. The van der Waals surface area contributed by atoms with E-state index >= 15 is 0 Å². The first-order chi connectivity index (χ1) is 11.1. The van der Waals surface area contributed by atoms with Crippen LogP contribution in [0.15, 0.2) is 35.1 Å². The number of carbonyl (C=O) groups is 1. The first-order valence-electron chi connectivity index (χ1n) is 6.94. The summed E-state index contributed by atoms with van der Waals surface area (Å²) in [4.78, 5) is 26.5. The minimum absolute atomic E-state index is 0.0787. The van der Waals surface area contributed by atoms with E-state index in [4.69, 9.17) is 16.3 Å². The number of para-hydroxylation sites is 1. The van der Waals surface area contributed by atoms with E-state index in [1.807, 2.05) is 28.7 Å². The van der Waals surface area contributed by atoms with Gasteiger partial charge in [-0.3, -0.25) is 9.20 Å². The Morgan fingerprint density at radius 3 is 2.83 bits per heavy atom. The van der Waals surface area contributed by atoms with Gasteiger partial charge < -0.3 is 4.74 Å². The van der Waals surface area contributed by atoms with Gasteiger partial charge in [-0.2, -0.15) is 0 Å². The van der Waals surface area contributed by atoms with Crippen LogP contribution >= 0.6 is 34.3 Å². The number of pyridine rings is 1. The molecule has 3 aromatic heterocycles. The number of carbonyl (C=O) groups excluding carboxylic acids is 1. The summed E-state index contributed by atoms with van der Waals surface area (Å²) < 4.78 is 8.53. The number of ether oxygens (including phenoxy) is 1. The highest BCUT2D eigenvalue weighted by atomic mass is 35.5. The van der Waals surface area contributed by atoms with Crippen molar-refractivity contribution >= 4 is 65.5 Å². The normalized spacial score (nSPS) is 11.6. The molecule has 0 atom stereocenters. The molecule has 0 saturated carbocycles. The van der Waals surface area contributed by atoms with Crippen molar-refractivity contribution in [1.29, 1.82) is 0 Å². The van der Waals surface area contributed by atoms with E-state index in [9.17, 15) is 9.59 Å². The van der Waals surface area contributed by atoms with Gasteiger partial charge in [-0.05, 0) is 25.1 Å². The molecule has 7 heteroatoms. The first kappa shape index (κ1) is 14.7. The van der Waals surface area contributed by atoms with E-state index in [-0.39, 0.29) is 17.6 Å². The molecule has 4 aromatic rings. The predicted molar refractivity (Wildman–Crippen MR) is 95.4 cm³/mol. The van der Waals surface area contributed by atoms with Crippen LogP contribution in [0, 0.1) is 0 Å². The molecule has 0 N–H and O–H groups in total. The number of aromatic nitrogens is 1. The number of nitrogens with zero attached hydrogens (tertiary/aromatic N) is 1. The third-order valence-electron chi connectivity index (χ3n) is 3.57. The number of thiazole rings is 1. The maximum absolute atomic E-state index is 12.8. The van der Waals surface area contributed by atoms with Crippen LogP contribution in [-0.4, -0.2) is 17.0 Å². The lowest BCUT2D eigenvalue weighted by Gasteiger charge is -2.05. The van der Waals surface area contributed by atoms with E-state index in [0.717, 1.165) is 15.0 Å². The maximum Gasteiger partial charge on any atom is 0.345 e. The van der Waals surface area contributed by atoms with Crippen LogP contribution in [0.2, 0.25) is 4.34 Å². The predicted octanol–water partition coefficient (Wildman–Crippen LogP) is 4.56. The SMILES string of the molecule is CCOC(=O)c1c(=O)c2cc(Cl)sc2n2c1sc1ccccc12. The van der Waals surface area contributed by atoms with Crippen molar-refractivity contribution < 1.29 is 9.53 Å². The highest BCUT2D eigenvalue weighted by Crippen LogP contribution is 2.35. The van der Waals surface area contributed by atoms with Gasteiger partial charge in [0, 0.05) is 0 Å². The minimum Gasteiger partial charge on any atom is -0.462 e. The summed E-state index contributed by atoms with van der Waals surface area (Å²) in [6.45, 7) is 1.94. The van der Waals surface area contributed by atoms with Crippen molar-refractivity contribution in [2.24, 2.45) is 0 Å². The fourth-order valence-electron chi connectivity index (χ4n) is 2.65. The average Bonchev–Trinajstić information content (AvgIpc) is 3.07. The van der Waals surface area contributed by atoms with E-state index < -0.39 is 5.97 Å². The van der Waals surface area contributed by atoms with Crippen molar-refractivity contribution in [3.63, 3.8) is 0 Å². The molecule has 0 radical (unpaired) electrons. The molecule has 0 spiro atoms. The molecule has 23 heavy (non-hydrogen) atoms. The summed E-state index contributed by atoms with van der Waals surface area (Å²) in [5.41, 5.74) is 0.699. The van der Waals surface area contributed by atoms with Crippen molar-refractivity contribution in [3.05, 3.63) is 50.5 Å². The number of benzene rings is 1. The molecule has 1 aromatic carbocycles. The Labute approximate surface area is 143 Å². The Balaban J connectivity index is 2.29. The Bertz CT molecular complexity index is 1140. The molecule has 0 unspecified atom stereocenters. The van der Waals surface area contributed by atoms with Gasteiger partial charge >= 0.3 is 5.97 Å². The highest BCUT2D eigenvalue weighted by molar-refractivity contribution is 7.25. The maximum atomic E-state index is 12.8. The van der Waals surface area contributed by atoms with Gasteiger partial charge in [-0.25, -0.2) is 4.79 Å². The Morgan fingerprint density at radius 2 is 2.04 bits per heavy atom.